The Morgan fingerprint density at radius 3 is 2.41 bits per heavy atom. The van der Waals surface area contributed by atoms with Crippen LogP contribution in [0.3, 0.4) is 0 Å². The normalized spacial score (nSPS) is 10.2. The third kappa shape index (κ3) is 5.29. The fraction of sp³-hybridized carbons (Fsp3) is 0.417. The van der Waals surface area contributed by atoms with Gasteiger partial charge in [0.05, 0.1) is 16.7 Å². The molecule has 0 aliphatic carbocycles. The Morgan fingerprint density at radius 1 is 1.18 bits per heavy atom. The standard InChI is InChI=1S/C12H14Cl2O3/c13-9-5-4-6-10(14)12(9)17-8-3-1-2-7-11(15)16/h4-6H,1-3,7-8H2,(H,15,16). The monoisotopic (exact) mass is 276 g/mol. The molecule has 0 atom stereocenters. The molecule has 94 valence electrons. The van der Waals surface area contributed by atoms with Crippen LogP contribution in [-0.4, -0.2) is 17.7 Å². The summed E-state index contributed by atoms with van der Waals surface area (Å²) in [5.41, 5.74) is 0. The predicted octanol–water partition coefficient (Wildman–Crippen LogP) is 4.02. The summed E-state index contributed by atoms with van der Waals surface area (Å²) < 4.78 is 5.46. The highest BCUT2D eigenvalue weighted by atomic mass is 35.5. The summed E-state index contributed by atoms with van der Waals surface area (Å²) in [5, 5.41) is 9.43. The van der Waals surface area contributed by atoms with Crippen molar-refractivity contribution in [2.45, 2.75) is 25.7 Å². The van der Waals surface area contributed by atoms with Crippen LogP contribution in [0.5, 0.6) is 5.75 Å². The van der Waals surface area contributed by atoms with Gasteiger partial charge in [0, 0.05) is 6.42 Å². The van der Waals surface area contributed by atoms with Crippen molar-refractivity contribution in [2.75, 3.05) is 6.61 Å². The number of rotatable bonds is 7. The number of ether oxygens (including phenoxy) is 1. The molecule has 1 rings (SSSR count). The topological polar surface area (TPSA) is 46.5 Å². The minimum Gasteiger partial charge on any atom is -0.490 e. The van der Waals surface area contributed by atoms with Gasteiger partial charge in [0.1, 0.15) is 0 Å². The highest BCUT2D eigenvalue weighted by Gasteiger charge is 2.05. The molecule has 0 aliphatic rings. The van der Waals surface area contributed by atoms with Crippen molar-refractivity contribution >= 4 is 29.2 Å². The Kier molecular flexibility index (Phi) is 6.16. The van der Waals surface area contributed by atoms with Crippen LogP contribution in [0.2, 0.25) is 10.0 Å². The van der Waals surface area contributed by atoms with Crippen molar-refractivity contribution in [3.05, 3.63) is 28.2 Å². The Bertz CT molecular complexity index is 360. The van der Waals surface area contributed by atoms with Gasteiger partial charge in [-0.25, -0.2) is 0 Å². The molecule has 0 aromatic heterocycles. The summed E-state index contributed by atoms with van der Waals surface area (Å²) in [5.74, 6) is -0.269. The molecular formula is C12H14Cl2O3. The number of aliphatic carboxylic acids is 1. The maximum Gasteiger partial charge on any atom is 0.303 e. The zero-order valence-electron chi connectivity index (χ0n) is 9.29. The van der Waals surface area contributed by atoms with E-state index in [1.54, 1.807) is 18.2 Å². The molecule has 0 unspecified atom stereocenters. The second-order valence-electron chi connectivity index (χ2n) is 3.60. The van der Waals surface area contributed by atoms with Crippen LogP contribution in [-0.2, 0) is 4.79 Å². The van der Waals surface area contributed by atoms with Crippen LogP contribution in [0.25, 0.3) is 0 Å². The zero-order chi connectivity index (χ0) is 12.7. The first-order chi connectivity index (χ1) is 8.11. The molecule has 0 heterocycles. The van der Waals surface area contributed by atoms with Gasteiger partial charge in [0.2, 0.25) is 0 Å². The fourth-order valence-electron chi connectivity index (χ4n) is 1.35. The minimum atomic E-state index is -0.764. The second kappa shape index (κ2) is 7.41. The van der Waals surface area contributed by atoms with Crippen molar-refractivity contribution in [3.8, 4) is 5.75 Å². The van der Waals surface area contributed by atoms with Gasteiger partial charge in [-0.2, -0.15) is 0 Å². The summed E-state index contributed by atoms with van der Waals surface area (Å²) in [6.07, 6.45) is 2.46. The van der Waals surface area contributed by atoms with E-state index in [-0.39, 0.29) is 6.42 Å². The van der Waals surface area contributed by atoms with Crippen molar-refractivity contribution < 1.29 is 14.6 Å². The van der Waals surface area contributed by atoms with E-state index in [0.29, 0.717) is 28.8 Å². The number of hydrogen-bond acceptors (Lipinski definition) is 2. The zero-order valence-corrected chi connectivity index (χ0v) is 10.8. The number of hydrogen-bond donors (Lipinski definition) is 1. The predicted molar refractivity (Wildman–Crippen MR) is 68.1 cm³/mol. The molecule has 17 heavy (non-hydrogen) atoms. The molecule has 1 N–H and O–H groups in total. The maximum absolute atomic E-state index is 10.3. The van der Waals surface area contributed by atoms with E-state index in [4.69, 9.17) is 33.0 Å². The van der Waals surface area contributed by atoms with E-state index >= 15 is 0 Å². The third-order valence-electron chi connectivity index (χ3n) is 2.20. The summed E-state index contributed by atoms with van der Waals surface area (Å²) in [4.78, 5) is 10.3. The number of carbonyl (C=O) groups is 1. The molecule has 0 bridgehead atoms. The minimum absolute atomic E-state index is 0.201. The van der Waals surface area contributed by atoms with Crippen LogP contribution in [0.4, 0.5) is 0 Å². The van der Waals surface area contributed by atoms with Crippen LogP contribution in [0.15, 0.2) is 18.2 Å². The number of carboxylic acids is 1. The first kappa shape index (κ1) is 14.1. The van der Waals surface area contributed by atoms with Gasteiger partial charge in [-0.15, -0.1) is 0 Å². The number of para-hydroxylation sites is 1. The Morgan fingerprint density at radius 2 is 1.82 bits per heavy atom. The summed E-state index contributed by atoms with van der Waals surface area (Å²) in [6, 6.07) is 5.19. The van der Waals surface area contributed by atoms with E-state index in [9.17, 15) is 4.79 Å². The molecule has 5 heteroatoms. The van der Waals surface area contributed by atoms with E-state index < -0.39 is 5.97 Å². The molecule has 0 radical (unpaired) electrons. The lowest BCUT2D eigenvalue weighted by Crippen LogP contribution is -2.00. The van der Waals surface area contributed by atoms with Crippen molar-refractivity contribution in [3.63, 3.8) is 0 Å². The van der Waals surface area contributed by atoms with E-state index in [1.165, 1.54) is 0 Å². The van der Waals surface area contributed by atoms with Gasteiger partial charge < -0.3 is 9.84 Å². The first-order valence-electron chi connectivity index (χ1n) is 5.40. The average Bonchev–Trinajstić information content (AvgIpc) is 2.26. The lowest BCUT2D eigenvalue weighted by atomic mass is 10.2. The molecule has 1 aromatic carbocycles. The van der Waals surface area contributed by atoms with Crippen molar-refractivity contribution in [2.24, 2.45) is 0 Å². The largest absolute Gasteiger partial charge is 0.490 e. The fourth-order valence-corrected chi connectivity index (χ4v) is 1.86. The summed E-state index contributed by atoms with van der Waals surface area (Å²) in [7, 11) is 0. The average molecular weight is 277 g/mol. The quantitative estimate of drug-likeness (QED) is 0.766. The molecule has 0 amide bonds. The molecule has 3 nitrogen and oxygen atoms in total. The molecule has 0 saturated heterocycles. The molecule has 0 saturated carbocycles. The molecular weight excluding hydrogens is 263 g/mol. The Balaban J connectivity index is 2.24. The highest BCUT2D eigenvalue weighted by Crippen LogP contribution is 2.32. The lowest BCUT2D eigenvalue weighted by Gasteiger charge is -2.09. The summed E-state index contributed by atoms with van der Waals surface area (Å²) in [6.45, 7) is 0.489. The molecule has 0 spiro atoms. The van der Waals surface area contributed by atoms with Crippen LogP contribution < -0.4 is 4.74 Å². The van der Waals surface area contributed by atoms with Crippen LogP contribution in [0.1, 0.15) is 25.7 Å². The number of unbranched alkanes of at least 4 members (excludes halogenated alkanes) is 2. The molecule has 1 aromatic rings. The third-order valence-corrected chi connectivity index (χ3v) is 2.80. The van der Waals surface area contributed by atoms with Gasteiger partial charge >= 0.3 is 5.97 Å². The summed E-state index contributed by atoms with van der Waals surface area (Å²) >= 11 is 11.8. The maximum atomic E-state index is 10.3. The number of benzene rings is 1. The number of halogens is 2. The van der Waals surface area contributed by atoms with E-state index in [0.717, 1.165) is 12.8 Å². The van der Waals surface area contributed by atoms with Gasteiger partial charge in [-0.05, 0) is 31.4 Å². The van der Waals surface area contributed by atoms with Gasteiger partial charge in [-0.3, -0.25) is 4.79 Å². The SMILES string of the molecule is O=C(O)CCCCCOc1c(Cl)cccc1Cl. The smallest absolute Gasteiger partial charge is 0.303 e. The van der Waals surface area contributed by atoms with Gasteiger partial charge in [0.15, 0.2) is 5.75 Å². The Labute approximate surface area is 110 Å². The second-order valence-corrected chi connectivity index (χ2v) is 4.42. The Hall–Kier alpha value is -0.930. The first-order valence-corrected chi connectivity index (χ1v) is 6.15. The van der Waals surface area contributed by atoms with Gasteiger partial charge in [-0.1, -0.05) is 29.3 Å². The highest BCUT2D eigenvalue weighted by molar-refractivity contribution is 6.37. The molecule has 0 aliphatic heterocycles. The number of carboxylic acid groups (broad SMARTS) is 1. The lowest BCUT2D eigenvalue weighted by molar-refractivity contribution is -0.137. The van der Waals surface area contributed by atoms with Crippen LogP contribution >= 0.6 is 23.2 Å². The van der Waals surface area contributed by atoms with Crippen molar-refractivity contribution in [1.29, 1.82) is 0 Å². The van der Waals surface area contributed by atoms with Crippen LogP contribution in [0, 0.1) is 0 Å². The van der Waals surface area contributed by atoms with Gasteiger partial charge in [0.25, 0.3) is 0 Å². The molecule has 0 fully saturated rings. The van der Waals surface area contributed by atoms with E-state index in [2.05, 4.69) is 0 Å². The van der Waals surface area contributed by atoms with Crippen molar-refractivity contribution in [1.82, 2.24) is 0 Å². The van der Waals surface area contributed by atoms with E-state index in [1.807, 2.05) is 0 Å².